The molecule has 0 fully saturated rings. The van der Waals surface area contributed by atoms with Gasteiger partial charge in [-0.2, -0.15) is 4.39 Å². The topological polar surface area (TPSA) is 111 Å². The number of amides is 2. The van der Waals surface area contributed by atoms with Crippen molar-refractivity contribution in [1.82, 2.24) is 0 Å². The predicted octanol–water partition coefficient (Wildman–Crippen LogP) is 2.60. The zero-order valence-electron chi connectivity index (χ0n) is 12.6. The number of rotatable bonds is 3. The van der Waals surface area contributed by atoms with Crippen LogP contribution in [0.1, 0.15) is 10.4 Å². The van der Waals surface area contributed by atoms with Crippen molar-refractivity contribution in [3.8, 4) is 5.75 Å². The number of fused-ring (bicyclic) bond motifs is 1. The summed E-state index contributed by atoms with van der Waals surface area (Å²) in [5.41, 5.74) is -2.21. The molecule has 1 heterocycles. The average Bonchev–Trinajstić information content (AvgIpc) is 2.59. The molecule has 0 spiro atoms. The molecule has 0 unspecified atom stereocenters. The van der Waals surface area contributed by atoms with Gasteiger partial charge >= 0.3 is 5.69 Å². The van der Waals surface area contributed by atoms with Gasteiger partial charge in [0.05, 0.1) is 21.9 Å². The molecular weight excluding hydrogens is 359 g/mol. The van der Waals surface area contributed by atoms with Crippen LogP contribution in [0.3, 0.4) is 0 Å². The largest absolute Gasteiger partial charge is 0.479 e. The van der Waals surface area contributed by atoms with Crippen molar-refractivity contribution in [3.05, 3.63) is 57.4 Å². The minimum Gasteiger partial charge on any atom is -0.479 e. The van der Waals surface area contributed by atoms with Crippen LogP contribution in [-0.2, 0) is 4.79 Å². The summed E-state index contributed by atoms with van der Waals surface area (Å²) < 4.78 is 46.0. The number of nitro groups is 1. The van der Waals surface area contributed by atoms with E-state index in [1.165, 1.54) is 18.2 Å². The molecule has 1 aliphatic rings. The first-order valence-electron chi connectivity index (χ1n) is 6.98. The maximum Gasteiger partial charge on any atom is 0.308 e. The van der Waals surface area contributed by atoms with Crippen LogP contribution >= 0.6 is 0 Å². The Balaban J connectivity index is 1.99. The van der Waals surface area contributed by atoms with Crippen LogP contribution in [0.5, 0.6) is 5.75 Å². The third-order valence-electron chi connectivity index (χ3n) is 3.45. The molecule has 134 valence electrons. The molecule has 2 aromatic rings. The summed E-state index contributed by atoms with van der Waals surface area (Å²) in [6, 6.07) is 4.56. The van der Waals surface area contributed by atoms with Gasteiger partial charge in [-0.3, -0.25) is 19.7 Å². The molecule has 2 N–H and O–H groups in total. The van der Waals surface area contributed by atoms with Crippen molar-refractivity contribution < 1.29 is 32.4 Å². The third kappa shape index (κ3) is 2.90. The zero-order chi connectivity index (χ0) is 19.0. The number of para-hydroxylation sites is 1. The standard InChI is InChI=1S/C15H8F3N3O5/c16-11-6(4-9(21(24)25)12(17)13(11)18)15(23)20-8-3-1-2-7-14(8)26-5-10(22)19-7/h1-4H,5H2,(H,19,22)(H,20,23). The molecule has 0 saturated heterocycles. The Bertz CT molecular complexity index is 964. The lowest BCUT2D eigenvalue weighted by Crippen LogP contribution is -2.26. The Morgan fingerprint density at radius 1 is 1.23 bits per heavy atom. The number of hydrogen-bond acceptors (Lipinski definition) is 5. The summed E-state index contributed by atoms with van der Waals surface area (Å²) in [6.45, 7) is -0.328. The van der Waals surface area contributed by atoms with E-state index in [1.54, 1.807) is 0 Å². The lowest BCUT2D eigenvalue weighted by Gasteiger charge is -2.20. The number of carbonyl (C=O) groups is 2. The van der Waals surface area contributed by atoms with Crippen LogP contribution in [0.25, 0.3) is 0 Å². The summed E-state index contributed by atoms with van der Waals surface area (Å²) in [6.07, 6.45) is 0. The highest BCUT2D eigenvalue weighted by Gasteiger charge is 2.29. The highest BCUT2D eigenvalue weighted by molar-refractivity contribution is 6.07. The molecule has 0 aliphatic carbocycles. The van der Waals surface area contributed by atoms with Crippen molar-refractivity contribution >= 4 is 28.9 Å². The number of hydrogen-bond donors (Lipinski definition) is 2. The van der Waals surface area contributed by atoms with E-state index in [1.807, 2.05) is 0 Å². The van der Waals surface area contributed by atoms with E-state index < -0.39 is 45.4 Å². The molecule has 3 rings (SSSR count). The number of halogens is 3. The Hall–Kier alpha value is -3.63. The molecule has 1 aliphatic heterocycles. The molecule has 0 radical (unpaired) electrons. The number of nitro benzene ring substituents is 1. The molecular formula is C15H8F3N3O5. The minimum atomic E-state index is -2.14. The van der Waals surface area contributed by atoms with Gasteiger partial charge in [0, 0.05) is 6.07 Å². The van der Waals surface area contributed by atoms with E-state index in [4.69, 9.17) is 4.74 Å². The second kappa shape index (κ2) is 6.35. The van der Waals surface area contributed by atoms with E-state index in [9.17, 15) is 32.9 Å². The van der Waals surface area contributed by atoms with Gasteiger partial charge in [0.25, 0.3) is 11.8 Å². The van der Waals surface area contributed by atoms with Gasteiger partial charge in [0.1, 0.15) is 0 Å². The SMILES string of the molecule is O=C1COc2c(cccc2NC(=O)c2cc([N+](=O)[O-])c(F)c(F)c2F)N1. The van der Waals surface area contributed by atoms with Gasteiger partial charge in [-0.1, -0.05) is 6.07 Å². The van der Waals surface area contributed by atoms with Crippen LogP contribution in [0.2, 0.25) is 0 Å². The number of nitrogens with zero attached hydrogens (tertiary/aromatic N) is 1. The fourth-order valence-corrected chi connectivity index (χ4v) is 2.29. The minimum absolute atomic E-state index is 0.000661. The van der Waals surface area contributed by atoms with Gasteiger partial charge < -0.3 is 15.4 Å². The Morgan fingerprint density at radius 3 is 2.65 bits per heavy atom. The molecule has 0 bridgehead atoms. The molecule has 26 heavy (non-hydrogen) atoms. The van der Waals surface area contributed by atoms with Crippen molar-refractivity contribution in [2.24, 2.45) is 0 Å². The second-order valence-corrected chi connectivity index (χ2v) is 5.12. The number of anilines is 2. The van der Waals surface area contributed by atoms with E-state index in [-0.39, 0.29) is 23.7 Å². The molecule has 0 saturated carbocycles. The van der Waals surface area contributed by atoms with Crippen LogP contribution in [0.15, 0.2) is 24.3 Å². The molecule has 11 heteroatoms. The lowest BCUT2D eigenvalue weighted by atomic mass is 10.1. The fourth-order valence-electron chi connectivity index (χ4n) is 2.29. The highest BCUT2D eigenvalue weighted by Crippen LogP contribution is 2.36. The first kappa shape index (κ1) is 17.2. The monoisotopic (exact) mass is 367 g/mol. The summed E-state index contributed by atoms with van der Waals surface area (Å²) in [5.74, 6) is -7.64. The Morgan fingerprint density at radius 2 is 1.96 bits per heavy atom. The van der Waals surface area contributed by atoms with Gasteiger partial charge in [-0.05, 0) is 12.1 Å². The van der Waals surface area contributed by atoms with Gasteiger partial charge in [-0.25, -0.2) is 8.78 Å². The zero-order valence-corrected chi connectivity index (χ0v) is 12.6. The average molecular weight is 367 g/mol. The maximum atomic E-state index is 13.9. The van der Waals surface area contributed by atoms with E-state index >= 15 is 0 Å². The van der Waals surface area contributed by atoms with Gasteiger partial charge in [0.15, 0.2) is 18.2 Å². The summed E-state index contributed by atoms with van der Waals surface area (Å²) in [5, 5.41) is 15.4. The highest BCUT2D eigenvalue weighted by atomic mass is 19.2. The van der Waals surface area contributed by atoms with Crippen molar-refractivity contribution in [3.63, 3.8) is 0 Å². The summed E-state index contributed by atoms with van der Waals surface area (Å²) in [4.78, 5) is 32.9. The Kier molecular flexibility index (Phi) is 4.20. The molecule has 0 aromatic heterocycles. The van der Waals surface area contributed by atoms with Crippen LogP contribution in [0, 0.1) is 27.6 Å². The predicted molar refractivity (Wildman–Crippen MR) is 81.5 cm³/mol. The Labute approximate surface area is 142 Å². The number of benzene rings is 2. The van der Waals surface area contributed by atoms with E-state index in [0.717, 1.165) is 0 Å². The van der Waals surface area contributed by atoms with Crippen molar-refractivity contribution in [2.75, 3.05) is 17.2 Å². The smallest absolute Gasteiger partial charge is 0.308 e. The maximum absolute atomic E-state index is 13.9. The lowest BCUT2D eigenvalue weighted by molar-refractivity contribution is -0.387. The fraction of sp³-hybridized carbons (Fsp3) is 0.0667. The van der Waals surface area contributed by atoms with Crippen LogP contribution in [-0.4, -0.2) is 23.3 Å². The van der Waals surface area contributed by atoms with E-state index in [0.29, 0.717) is 6.07 Å². The number of carbonyl (C=O) groups excluding carboxylic acids is 2. The normalized spacial score (nSPS) is 12.7. The quantitative estimate of drug-likeness (QED) is 0.492. The molecule has 8 nitrogen and oxygen atoms in total. The molecule has 2 amide bonds. The van der Waals surface area contributed by atoms with Crippen LogP contribution < -0.4 is 15.4 Å². The third-order valence-corrected chi connectivity index (χ3v) is 3.45. The summed E-state index contributed by atoms with van der Waals surface area (Å²) in [7, 11) is 0. The van der Waals surface area contributed by atoms with Gasteiger partial charge in [-0.15, -0.1) is 0 Å². The first-order chi connectivity index (χ1) is 12.3. The molecule has 0 atom stereocenters. The van der Waals surface area contributed by atoms with Crippen molar-refractivity contribution in [1.29, 1.82) is 0 Å². The number of ether oxygens (including phenoxy) is 1. The van der Waals surface area contributed by atoms with Crippen molar-refractivity contribution in [2.45, 2.75) is 0 Å². The van der Waals surface area contributed by atoms with E-state index in [2.05, 4.69) is 10.6 Å². The first-order valence-corrected chi connectivity index (χ1v) is 6.98. The van der Waals surface area contributed by atoms with Gasteiger partial charge in [0.2, 0.25) is 11.6 Å². The second-order valence-electron chi connectivity index (χ2n) is 5.12. The number of nitrogens with one attached hydrogen (secondary N) is 2. The van der Waals surface area contributed by atoms with Crippen LogP contribution in [0.4, 0.5) is 30.2 Å². The summed E-state index contributed by atoms with van der Waals surface area (Å²) >= 11 is 0. The molecule has 2 aromatic carbocycles.